The van der Waals surface area contributed by atoms with E-state index in [9.17, 15) is 18.0 Å². The summed E-state index contributed by atoms with van der Waals surface area (Å²) in [5.41, 5.74) is 3.48. The smallest absolute Gasteiger partial charge is 0.471 e. The minimum absolute atomic E-state index is 0.00288. The molecule has 0 unspecified atom stereocenters. The Labute approximate surface area is 166 Å². The largest absolute Gasteiger partial charge is 0.497 e. The van der Waals surface area contributed by atoms with Crippen LogP contribution in [-0.2, 0) is 24.2 Å². The third kappa shape index (κ3) is 4.52. The first-order valence-electron chi connectivity index (χ1n) is 8.82. The second-order valence-corrected chi connectivity index (χ2v) is 6.96. The van der Waals surface area contributed by atoms with Crippen molar-refractivity contribution >= 4 is 23.2 Å². The van der Waals surface area contributed by atoms with Crippen LogP contribution in [0.1, 0.15) is 16.7 Å². The maximum absolute atomic E-state index is 12.8. The average Bonchev–Trinajstić information content (AvgIpc) is 2.89. The highest BCUT2D eigenvalue weighted by Crippen LogP contribution is 2.32. The number of carbonyl (C=O) groups is 1. The lowest BCUT2D eigenvalue weighted by molar-refractivity contribution is -0.185. The van der Waals surface area contributed by atoms with Crippen LogP contribution < -0.4 is 10.1 Å². The fraction of sp³-hybridized carbons (Fsp3) is 0.350. The predicted octanol–water partition coefficient (Wildman–Crippen LogP) is 4.45. The molecule has 1 aliphatic heterocycles. The van der Waals surface area contributed by atoms with Gasteiger partial charge in [0.1, 0.15) is 5.75 Å². The molecule has 3 rings (SSSR count). The summed E-state index contributed by atoms with van der Waals surface area (Å²) in [6.45, 7) is 0.541. The molecular formula is C20H20ClF3N2O2. The predicted molar refractivity (Wildman–Crippen MR) is 102 cm³/mol. The van der Waals surface area contributed by atoms with Crippen LogP contribution in [-0.4, -0.2) is 37.2 Å². The number of benzene rings is 2. The van der Waals surface area contributed by atoms with Gasteiger partial charge in [0, 0.05) is 19.6 Å². The lowest BCUT2D eigenvalue weighted by atomic mass is 10.0. The highest BCUT2D eigenvalue weighted by Gasteiger charge is 2.42. The molecule has 150 valence electrons. The van der Waals surface area contributed by atoms with E-state index in [4.69, 9.17) is 16.3 Å². The Bertz CT molecular complexity index is 854. The minimum atomic E-state index is -4.86. The fourth-order valence-corrected chi connectivity index (χ4v) is 3.55. The van der Waals surface area contributed by atoms with Crippen molar-refractivity contribution in [2.75, 3.05) is 25.5 Å². The number of nitrogens with one attached hydrogen (secondary N) is 1. The second-order valence-electron chi connectivity index (χ2n) is 6.55. The third-order valence-corrected chi connectivity index (χ3v) is 5.11. The first-order valence-corrected chi connectivity index (χ1v) is 9.20. The van der Waals surface area contributed by atoms with Crippen LogP contribution in [0.4, 0.5) is 18.9 Å². The van der Waals surface area contributed by atoms with Crippen molar-refractivity contribution in [3.63, 3.8) is 0 Å². The summed E-state index contributed by atoms with van der Waals surface area (Å²) in [5.74, 6) is -1.04. The van der Waals surface area contributed by atoms with Crippen molar-refractivity contribution in [1.29, 1.82) is 0 Å². The zero-order chi connectivity index (χ0) is 20.3. The zero-order valence-corrected chi connectivity index (χ0v) is 16.0. The van der Waals surface area contributed by atoms with Crippen LogP contribution in [0.15, 0.2) is 36.4 Å². The standard InChI is InChI=1S/C20H20ClF3N2O2/c1-28-15-5-2-13(3-6-15)12-25-18-16-9-11-26(19(27)20(22,23)24)10-8-14(16)4-7-17(18)21/h2-7,25H,8-12H2,1H3. The van der Waals surface area contributed by atoms with Gasteiger partial charge in [0.15, 0.2) is 0 Å². The van der Waals surface area contributed by atoms with Crippen LogP contribution in [0.5, 0.6) is 5.75 Å². The van der Waals surface area contributed by atoms with Crippen molar-refractivity contribution in [2.45, 2.75) is 25.6 Å². The molecule has 0 bridgehead atoms. The van der Waals surface area contributed by atoms with E-state index in [1.165, 1.54) is 0 Å². The van der Waals surface area contributed by atoms with Gasteiger partial charge >= 0.3 is 12.1 Å². The van der Waals surface area contributed by atoms with Crippen LogP contribution in [0.25, 0.3) is 0 Å². The average molecular weight is 413 g/mol. The van der Waals surface area contributed by atoms with Crippen molar-refractivity contribution in [2.24, 2.45) is 0 Å². The molecule has 0 fully saturated rings. The van der Waals surface area contributed by atoms with Crippen molar-refractivity contribution in [3.8, 4) is 5.75 Å². The van der Waals surface area contributed by atoms with Gasteiger partial charge in [-0.15, -0.1) is 0 Å². The number of ether oxygens (including phenoxy) is 1. The van der Waals surface area contributed by atoms with Gasteiger partial charge in [-0.05, 0) is 47.7 Å². The number of hydrogen-bond acceptors (Lipinski definition) is 3. The molecular weight excluding hydrogens is 393 g/mol. The number of anilines is 1. The molecule has 0 radical (unpaired) electrons. The molecule has 0 saturated heterocycles. The second kappa shape index (κ2) is 8.31. The summed E-state index contributed by atoms with van der Waals surface area (Å²) in [6, 6.07) is 11.1. The number of alkyl halides is 3. The monoisotopic (exact) mass is 412 g/mol. The molecule has 0 atom stereocenters. The SMILES string of the molecule is COc1ccc(CNc2c(Cl)ccc3c2CCN(C(=O)C(F)(F)F)CC3)cc1. The Balaban J connectivity index is 1.77. The van der Waals surface area contributed by atoms with Gasteiger partial charge in [-0.2, -0.15) is 13.2 Å². The van der Waals surface area contributed by atoms with E-state index in [-0.39, 0.29) is 13.1 Å². The Morgan fingerprint density at radius 3 is 2.46 bits per heavy atom. The number of nitrogens with zero attached hydrogens (tertiary/aromatic N) is 1. The summed E-state index contributed by atoms with van der Waals surface area (Å²) in [5, 5.41) is 3.80. The first-order chi connectivity index (χ1) is 13.3. The fourth-order valence-electron chi connectivity index (χ4n) is 3.30. The minimum Gasteiger partial charge on any atom is -0.497 e. The maximum Gasteiger partial charge on any atom is 0.471 e. The Morgan fingerprint density at radius 2 is 1.82 bits per heavy atom. The maximum atomic E-state index is 12.8. The molecule has 2 aromatic carbocycles. The topological polar surface area (TPSA) is 41.6 Å². The molecule has 4 nitrogen and oxygen atoms in total. The van der Waals surface area contributed by atoms with E-state index in [0.717, 1.165) is 27.3 Å². The summed E-state index contributed by atoms with van der Waals surface area (Å²) in [7, 11) is 1.60. The van der Waals surface area contributed by atoms with E-state index < -0.39 is 12.1 Å². The van der Waals surface area contributed by atoms with Gasteiger partial charge in [-0.25, -0.2) is 0 Å². The highest BCUT2D eigenvalue weighted by molar-refractivity contribution is 6.33. The van der Waals surface area contributed by atoms with Crippen LogP contribution in [0.3, 0.4) is 0 Å². The summed E-state index contributed by atoms with van der Waals surface area (Å²) >= 11 is 6.36. The van der Waals surface area contributed by atoms with Gasteiger partial charge in [-0.1, -0.05) is 29.8 Å². The van der Waals surface area contributed by atoms with E-state index in [0.29, 0.717) is 30.1 Å². The number of halogens is 4. The number of methoxy groups -OCH3 is 1. The molecule has 1 N–H and O–H groups in total. The molecule has 1 heterocycles. The first kappa shape index (κ1) is 20.3. The van der Waals surface area contributed by atoms with Crippen LogP contribution >= 0.6 is 11.6 Å². The van der Waals surface area contributed by atoms with Gasteiger partial charge in [0.25, 0.3) is 0 Å². The van der Waals surface area contributed by atoms with Gasteiger partial charge in [-0.3, -0.25) is 4.79 Å². The number of carbonyl (C=O) groups excluding carboxylic acids is 1. The molecule has 8 heteroatoms. The molecule has 1 amide bonds. The van der Waals surface area contributed by atoms with E-state index in [1.807, 2.05) is 30.3 Å². The lowest BCUT2D eigenvalue weighted by Crippen LogP contribution is -2.42. The number of rotatable bonds is 4. The summed E-state index contributed by atoms with van der Waals surface area (Å²) in [4.78, 5) is 12.4. The van der Waals surface area contributed by atoms with Crippen LogP contribution in [0, 0.1) is 0 Å². The Morgan fingerprint density at radius 1 is 1.14 bits per heavy atom. The number of fused-ring (bicyclic) bond motifs is 1. The molecule has 2 aromatic rings. The molecule has 0 saturated carbocycles. The van der Waals surface area contributed by atoms with Crippen molar-refractivity contribution in [1.82, 2.24) is 4.90 Å². The lowest BCUT2D eigenvalue weighted by Gasteiger charge is -2.21. The quantitative estimate of drug-likeness (QED) is 0.806. The molecule has 0 spiro atoms. The van der Waals surface area contributed by atoms with Crippen molar-refractivity contribution < 1.29 is 22.7 Å². The highest BCUT2D eigenvalue weighted by atomic mass is 35.5. The van der Waals surface area contributed by atoms with E-state index in [1.54, 1.807) is 13.2 Å². The summed E-state index contributed by atoms with van der Waals surface area (Å²) < 4.78 is 43.4. The molecule has 1 aliphatic rings. The van der Waals surface area contributed by atoms with Gasteiger partial charge < -0.3 is 15.0 Å². The number of hydrogen-bond donors (Lipinski definition) is 1. The van der Waals surface area contributed by atoms with Gasteiger partial charge in [0.2, 0.25) is 0 Å². The van der Waals surface area contributed by atoms with Crippen LogP contribution in [0.2, 0.25) is 5.02 Å². The Kier molecular flexibility index (Phi) is 6.03. The summed E-state index contributed by atoms with van der Waals surface area (Å²) in [6.07, 6.45) is -4.20. The van der Waals surface area contributed by atoms with Gasteiger partial charge in [0.05, 0.1) is 17.8 Å². The molecule has 28 heavy (non-hydrogen) atoms. The Hall–Kier alpha value is -2.41. The molecule has 0 aliphatic carbocycles. The van der Waals surface area contributed by atoms with E-state index in [2.05, 4.69) is 5.32 Å². The van der Waals surface area contributed by atoms with Crippen molar-refractivity contribution in [3.05, 3.63) is 58.1 Å². The third-order valence-electron chi connectivity index (χ3n) is 4.80. The zero-order valence-electron chi connectivity index (χ0n) is 15.3. The molecule has 0 aromatic heterocycles. The van der Waals surface area contributed by atoms with E-state index >= 15 is 0 Å². The normalized spacial score (nSPS) is 14.2. The number of amides is 1.